The fourth-order valence-electron chi connectivity index (χ4n) is 5.97. The summed E-state index contributed by atoms with van der Waals surface area (Å²) in [6.07, 6.45) is 0.603. The summed E-state index contributed by atoms with van der Waals surface area (Å²) in [7, 11) is 1.61. The van der Waals surface area contributed by atoms with Gasteiger partial charge in [0.25, 0.3) is 5.69 Å². The van der Waals surface area contributed by atoms with Gasteiger partial charge in [-0.15, -0.1) is 0 Å². The Balaban J connectivity index is 1.77. The lowest BCUT2D eigenvalue weighted by atomic mass is 9.60. The fourth-order valence-corrected chi connectivity index (χ4v) is 5.97. The van der Waals surface area contributed by atoms with E-state index >= 15 is 0 Å². The van der Waals surface area contributed by atoms with Crippen LogP contribution in [-0.4, -0.2) is 57.6 Å². The maximum absolute atomic E-state index is 14.0. The third kappa shape index (κ3) is 2.86. The first-order valence-corrected chi connectivity index (χ1v) is 10.8. The maximum atomic E-state index is 14.0. The van der Waals surface area contributed by atoms with Crippen LogP contribution in [0.25, 0.3) is 0 Å². The minimum absolute atomic E-state index is 0.182. The van der Waals surface area contributed by atoms with Crippen molar-refractivity contribution in [3.63, 3.8) is 0 Å². The van der Waals surface area contributed by atoms with Crippen molar-refractivity contribution in [3.8, 4) is 0 Å². The van der Waals surface area contributed by atoms with E-state index in [9.17, 15) is 29.8 Å². The Bertz CT molecular complexity index is 1180. The molecule has 33 heavy (non-hydrogen) atoms. The number of hydrogen-bond acceptors (Lipinski definition) is 6. The largest absolute Gasteiger partial charge is 0.345 e. The number of amides is 2. The summed E-state index contributed by atoms with van der Waals surface area (Å²) in [6, 6.07) is 10.7. The standard InChI is InChI=1S/C23H22N4O6/c1-24-12-10-23(21(24)28)18(15-5-3-2-4-6-15)20(27(32)33)19-17-13-16(26(30)31)8-7-14(17)9-11-25(19)22(23)29/h2-8,13,18-20H,9-12H2,1H3/t18-,19+,20-,23+/m1/s1. The Morgan fingerprint density at radius 1 is 1.00 bits per heavy atom. The zero-order valence-electron chi connectivity index (χ0n) is 17.9. The number of fused-ring (bicyclic) bond motifs is 3. The third-order valence-electron chi connectivity index (χ3n) is 7.43. The summed E-state index contributed by atoms with van der Waals surface area (Å²) in [5.74, 6) is -1.83. The highest BCUT2D eigenvalue weighted by atomic mass is 16.6. The fraction of sp³-hybridized carbons (Fsp3) is 0.391. The van der Waals surface area contributed by atoms with E-state index in [0.29, 0.717) is 24.1 Å². The van der Waals surface area contributed by atoms with E-state index in [2.05, 4.69) is 0 Å². The lowest BCUT2D eigenvalue weighted by Gasteiger charge is -2.51. The molecule has 10 nitrogen and oxygen atoms in total. The van der Waals surface area contributed by atoms with Crippen LogP contribution in [0.1, 0.15) is 35.1 Å². The number of non-ortho nitro benzene ring substituents is 1. The van der Waals surface area contributed by atoms with Crippen LogP contribution in [0, 0.1) is 25.6 Å². The molecule has 2 aromatic carbocycles. The normalized spacial score (nSPS) is 28.6. The number of piperidine rings is 1. The molecule has 0 bridgehead atoms. The van der Waals surface area contributed by atoms with E-state index in [1.165, 1.54) is 21.9 Å². The Hall–Kier alpha value is -3.82. The number of carbonyl (C=O) groups is 2. The first kappa shape index (κ1) is 21.0. The average molecular weight is 450 g/mol. The van der Waals surface area contributed by atoms with Crippen molar-refractivity contribution in [2.45, 2.75) is 30.8 Å². The van der Waals surface area contributed by atoms with Crippen LogP contribution in [0.4, 0.5) is 5.69 Å². The van der Waals surface area contributed by atoms with Crippen LogP contribution in [0.2, 0.25) is 0 Å². The van der Waals surface area contributed by atoms with Gasteiger partial charge in [-0.05, 0) is 29.5 Å². The van der Waals surface area contributed by atoms with Gasteiger partial charge >= 0.3 is 0 Å². The molecule has 2 saturated heterocycles. The first-order valence-electron chi connectivity index (χ1n) is 10.8. The van der Waals surface area contributed by atoms with Crippen molar-refractivity contribution in [2.75, 3.05) is 20.1 Å². The molecule has 0 unspecified atom stereocenters. The lowest BCUT2D eigenvalue weighted by molar-refractivity contribution is -0.540. The molecule has 4 atom stereocenters. The van der Waals surface area contributed by atoms with Crippen LogP contribution in [0.3, 0.4) is 0 Å². The summed E-state index contributed by atoms with van der Waals surface area (Å²) in [6.45, 7) is 0.553. The van der Waals surface area contributed by atoms with Crippen LogP contribution < -0.4 is 0 Å². The monoisotopic (exact) mass is 450 g/mol. The van der Waals surface area contributed by atoms with E-state index in [4.69, 9.17) is 0 Å². The van der Waals surface area contributed by atoms with Crippen LogP contribution in [0.15, 0.2) is 48.5 Å². The molecule has 0 aromatic heterocycles. The van der Waals surface area contributed by atoms with Gasteiger partial charge in [0.05, 0.1) is 10.8 Å². The molecule has 3 aliphatic rings. The zero-order chi connectivity index (χ0) is 23.5. The SMILES string of the molecule is CN1CC[C@]2(C1=O)C(=O)N1CCc3ccc([N+](=O)[O-])cc3[C@H]1[C@H]([N+](=O)[O-])[C@H]2c1ccccc1. The van der Waals surface area contributed by atoms with Crippen molar-refractivity contribution in [1.82, 2.24) is 9.80 Å². The smallest absolute Gasteiger partial charge is 0.269 e. The third-order valence-corrected chi connectivity index (χ3v) is 7.43. The average Bonchev–Trinajstić information content (AvgIpc) is 3.10. The highest BCUT2D eigenvalue weighted by molar-refractivity contribution is 6.08. The quantitative estimate of drug-likeness (QED) is 0.401. The number of benzene rings is 2. The number of likely N-dealkylation sites (tertiary alicyclic amines) is 1. The molecule has 0 N–H and O–H groups in total. The predicted octanol–water partition coefficient (Wildman–Crippen LogP) is 2.31. The molecule has 2 amide bonds. The molecule has 3 heterocycles. The van der Waals surface area contributed by atoms with Gasteiger partial charge in [-0.1, -0.05) is 36.4 Å². The number of carbonyl (C=O) groups excluding carboxylic acids is 2. The molecule has 1 spiro atoms. The molecule has 0 saturated carbocycles. The minimum atomic E-state index is -1.57. The van der Waals surface area contributed by atoms with Crippen LogP contribution >= 0.6 is 0 Å². The summed E-state index contributed by atoms with van der Waals surface area (Å²) in [5.41, 5.74) is -0.0336. The van der Waals surface area contributed by atoms with Crippen molar-refractivity contribution < 1.29 is 19.4 Å². The lowest BCUT2D eigenvalue weighted by Crippen LogP contribution is -2.65. The van der Waals surface area contributed by atoms with Gasteiger partial charge in [0.2, 0.25) is 17.9 Å². The highest BCUT2D eigenvalue weighted by Gasteiger charge is 2.69. The van der Waals surface area contributed by atoms with Crippen molar-refractivity contribution >= 4 is 17.5 Å². The molecule has 5 rings (SSSR count). The Kier molecular flexibility index (Phi) is 4.70. The molecular weight excluding hydrogens is 428 g/mol. The molecule has 0 aliphatic carbocycles. The molecule has 2 aromatic rings. The Morgan fingerprint density at radius 2 is 1.73 bits per heavy atom. The summed E-state index contributed by atoms with van der Waals surface area (Å²) in [5, 5.41) is 24.1. The summed E-state index contributed by atoms with van der Waals surface area (Å²) < 4.78 is 0. The Labute approximate surface area is 189 Å². The van der Waals surface area contributed by atoms with E-state index in [0.717, 1.165) is 5.56 Å². The molecule has 3 aliphatic heterocycles. The minimum Gasteiger partial charge on any atom is -0.345 e. The second-order valence-electron chi connectivity index (χ2n) is 8.95. The van der Waals surface area contributed by atoms with Gasteiger partial charge in [-0.3, -0.25) is 29.8 Å². The number of rotatable bonds is 3. The second-order valence-corrected chi connectivity index (χ2v) is 8.95. The Morgan fingerprint density at radius 3 is 2.33 bits per heavy atom. The first-order chi connectivity index (χ1) is 15.8. The molecule has 2 fully saturated rings. The molecule has 10 heteroatoms. The van der Waals surface area contributed by atoms with Crippen molar-refractivity contribution in [1.29, 1.82) is 0 Å². The van der Waals surface area contributed by atoms with Gasteiger partial charge < -0.3 is 9.80 Å². The topological polar surface area (TPSA) is 127 Å². The van der Waals surface area contributed by atoms with Gasteiger partial charge in [0.1, 0.15) is 11.5 Å². The predicted molar refractivity (Wildman–Crippen MR) is 116 cm³/mol. The molecule has 0 radical (unpaired) electrons. The molecule has 170 valence electrons. The van der Waals surface area contributed by atoms with Gasteiger partial charge in [-0.2, -0.15) is 0 Å². The van der Waals surface area contributed by atoms with E-state index in [-0.39, 0.29) is 18.7 Å². The van der Waals surface area contributed by atoms with Crippen LogP contribution in [0.5, 0.6) is 0 Å². The van der Waals surface area contributed by atoms with E-state index in [1.54, 1.807) is 43.4 Å². The second kappa shape index (κ2) is 7.36. The summed E-state index contributed by atoms with van der Waals surface area (Å²) in [4.78, 5) is 53.6. The summed E-state index contributed by atoms with van der Waals surface area (Å²) >= 11 is 0. The maximum Gasteiger partial charge on any atom is 0.269 e. The zero-order valence-corrected chi connectivity index (χ0v) is 17.9. The number of nitrogens with zero attached hydrogens (tertiary/aromatic N) is 4. The van der Waals surface area contributed by atoms with E-state index in [1.807, 2.05) is 0 Å². The van der Waals surface area contributed by atoms with Crippen molar-refractivity contribution in [3.05, 3.63) is 85.4 Å². The molecular formula is C23H22N4O6. The van der Waals surface area contributed by atoms with Gasteiger partial charge in [0.15, 0.2) is 0 Å². The van der Waals surface area contributed by atoms with Gasteiger partial charge in [0, 0.05) is 37.2 Å². The van der Waals surface area contributed by atoms with E-state index < -0.39 is 45.1 Å². The highest BCUT2D eigenvalue weighted by Crippen LogP contribution is 2.56. The number of hydrogen-bond donors (Lipinski definition) is 0. The number of nitro benzene ring substituents is 1. The van der Waals surface area contributed by atoms with Crippen LogP contribution in [-0.2, 0) is 16.0 Å². The van der Waals surface area contributed by atoms with Crippen molar-refractivity contribution in [2.24, 2.45) is 5.41 Å². The van der Waals surface area contributed by atoms with Gasteiger partial charge in [-0.25, -0.2) is 0 Å². The number of nitro groups is 2.